The lowest BCUT2D eigenvalue weighted by Crippen LogP contribution is -2.26. The van der Waals surface area contributed by atoms with Crippen LogP contribution in [0.5, 0.6) is 0 Å². The van der Waals surface area contributed by atoms with E-state index in [9.17, 15) is 4.79 Å². The van der Waals surface area contributed by atoms with Crippen molar-refractivity contribution in [3.8, 4) is 0 Å². The Morgan fingerprint density at radius 2 is 2.00 bits per heavy atom. The minimum atomic E-state index is -0.0563. The van der Waals surface area contributed by atoms with Crippen molar-refractivity contribution in [3.05, 3.63) is 70.5 Å². The number of fused-ring (bicyclic) bond motifs is 1. The second kappa shape index (κ2) is 9.88. The molecule has 1 aliphatic carbocycles. The number of nitrogens with zero attached hydrogens (tertiary/aromatic N) is 3. The molecule has 1 aromatic heterocycles. The van der Waals surface area contributed by atoms with Crippen LogP contribution in [0.4, 0.5) is 5.69 Å². The number of nitrogens with one attached hydrogen (secondary N) is 1. The van der Waals surface area contributed by atoms with Crippen molar-refractivity contribution in [2.45, 2.75) is 57.4 Å². The summed E-state index contributed by atoms with van der Waals surface area (Å²) in [6.07, 6.45) is 2.22. The predicted octanol–water partition coefficient (Wildman–Crippen LogP) is 4.80. The highest BCUT2D eigenvalue weighted by atomic mass is 32.2. The van der Waals surface area contributed by atoms with Gasteiger partial charge in [-0.25, -0.2) is 0 Å². The summed E-state index contributed by atoms with van der Waals surface area (Å²) in [6, 6.07) is 14.5. The minimum absolute atomic E-state index is 0.0563. The summed E-state index contributed by atoms with van der Waals surface area (Å²) in [4.78, 5) is 12.4. The largest absolute Gasteiger partial charge is 0.370 e. The highest BCUT2D eigenvalue weighted by Crippen LogP contribution is 2.33. The van der Waals surface area contributed by atoms with Crippen LogP contribution in [0.3, 0.4) is 0 Å². The Bertz CT molecular complexity index is 1110. The zero-order valence-electron chi connectivity index (χ0n) is 19.1. The fraction of sp³-hybridized carbons (Fsp3) is 0.400. The van der Waals surface area contributed by atoms with Crippen LogP contribution in [0.15, 0.2) is 47.6 Å². The van der Waals surface area contributed by atoms with Crippen LogP contribution in [0.2, 0.25) is 0 Å². The smallest absolute Gasteiger partial charge is 0.234 e. The molecule has 3 aromatic rings. The summed E-state index contributed by atoms with van der Waals surface area (Å²) in [5.74, 6) is 1.35. The lowest BCUT2D eigenvalue weighted by atomic mass is 9.82. The van der Waals surface area contributed by atoms with Gasteiger partial charge in [0, 0.05) is 18.7 Å². The van der Waals surface area contributed by atoms with E-state index in [0.717, 1.165) is 35.5 Å². The summed E-state index contributed by atoms with van der Waals surface area (Å²) in [5, 5.41) is 12.3. The van der Waals surface area contributed by atoms with E-state index in [-0.39, 0.29) is 17.8 Å². The number of hydrogen-bond donors (Lipinski definition) is 1. The average Bonchev–Trinajstić information content (AvgIpc) is 3.14. The van der Waals surface area contributed by atoms with Gasteiger partial charge in [0.25, 0.3) is 0 Å². The summed E-state index contributed by atoms with van der Waals surface area (Å²) >= 11 is 1.38. The number of anilines is 1. The van der Waals surface area contributed by atoms with E-state index in [4.69, 9.17) is 4.74 Å². The first-order valence-corrected chi connectivity index (χ1v) is 12.0. The second-order valence-corrected chi connectivity index (χ2v) is 9.36. The van der Waals surface area contributed by atoms with E-state index in [2.05, 4.69) is 46.7 Å². The maximum absolute atomic E-state index is 12.4. The number of thioether (sulfide) groups is 1. The number of rotatable bonds is 7. The molecule has 0 fully saturated rings. The first kappa shape index (κ1) is 22.6. The quantitative estimate of drug-likeness (QED) is 0.524. The van der Waals surface area contributed by atoms with E-state index in [1.165, 1.54) is 22.9 Å². The van der Waals surface area contributed by atoms with Gasteiger partial charge < -0.3 is 14.6 Å². The molecule has 1 aliphatic rings. The zero-order valence-corrected chi connectivity index (χ0v) is 19.9. The number of ether oxygens (including phenoxy) is 1. The zero-order chi connectivity index (χ0) is 22.7. The molecule has 4 rings (SSSR count). The number of carbonyl (C=O) groups excluding carboxylic acids is 1. The van der Waals surface area contributed by atoms with Gasteiger partial charge in [-0.15, -0.1) is 10.2 Å². The van der Waals surface area contributed by atoms with E-state index < -0.39 is 0 Å². The van der Waals surface area contributed by atoms with Crippen LogP contribution in [-0.4, -0.2) is 32.5 Å². The number of aromatic nitrogens is 3. The molecular weight excluding hydrogens is 420 g/mol. The topological polar surface area (TPSA) is 69.0 Å². The lowest BCUT2D eigenvalue weighted by Gasteiger charge is -2.31. The van der Waals surface area contributed by atoms with Gasteiger partial charge in [0.05, 0.1) is 11.9 Å². The number of amides is 1. The summed E-state index contributed by atoms with van der Waals surface area (Å²) < 4.78 is 8.16. The molecular formula is C25H30N4O2S. The van der Waals surface area contributed by atoms with Crippen molar-refractivity contribution in [3.63, 3.8) is 0 Å². The van der Waals surface area contributed by atoms with Crippen LogP contribution < -0.4 is 5.32 Å². The minimum Gasteiger partial charge on any atom is -0.370 e. The van der Waals surface area contributed by atoms with Crippen molar-refractivity contribution in [2.24, 2.45) is 7.05 Å². The van der Waals surface area contributed by atoms with Gasteiger partial charge in [-0.1, -0.05) is 55.1 Å². The highest BCUT2D eigenvalue weighted by molar-refractivity contribution is 7.99. The van der Waals surface area contributed by atoms with Crippen LogP contribution >= 0.6 is 11.8 Å². The van der Waals surface area contributed by atoms with Crippen LogP contribution in [0, 0.1) is 13.8 Å². The van der Waals surface area contributed by atoms with Crippen molar-refractivity contribution in [1.82, 2.24) is 14.8 Å². The monoisotopic (exact) mass is 450 g/mol. The molecule has 0 aliphatic heterocycles. The molecule has 2 aromatic carbocycles. The van der Waals surface area contributed by atoms with Gasteiger partial charge in [0.2, 0.25) is 5.91 Å². The van der Waals surface area contributed by atoms with E-state index >= 15 is 0 Å². The molecule has 1 amide bonds. The van der Waals surface area contributed by atoms with E-state index in [1.54, 1.807) is 0 Å². The van der Waals surface area contributed by atoms with Gasteiger partial charge in [-0.2, -0.15) is 0 Å². The SMILES string of the molecule is Cc1cccc(NC(=O)CSc2nnc(COC3CCc4ccccc4C3C)n2C)c1C. The molecule has 0 saturated heterocycles. The third kappa shape index (κ3) is 4.89. The number of benzene rings is 2. The van der Waals surface area contributed by atoms with Crippen LogP contribution in [-0.2, 0) is 29.6 Å². The Labute approximate surface area is 193 Å². The molecule has 0 saturated carbocycles. The standard InChI is InChI=1S/C25H30N4O2S/c1-16-8-7-11-21(17(16)2)26-24(30)15-32-25-28-27-23(29(25)4)14-31-22-13-12-19-9-5-6-10-20(19)18(22)3/h5-11,18,22H,12-15H2,1-4H3,(H,26,30). The predicted molar refractivity (Wildman–Crippen MR) is 128 cm³/mol. The Morgan fingerprint density at radius 3 is 2.84 bits per heavy atom. The maximum atomic E-state index is 12.4. The van der Waals surface area contributed by atoms with Gasteiger partial charge >= 0.3 is 0 Å². The van der Waals surface area contributed by atoms with Gasteiger partial charge in [-0.05, 0) is 55.0 Å². The number of hydrogen-bond acceptors (Lipinski definition) is 5. The van der Waals surface area contributed by atoms with E-state index in [1.807, 2.05) is 43.7 Å². The van der Waals surface area contributed by atoms with Crippen molar-refractivity contribution < 1.29 is 9.53 Å². The third-order valence-electron chi connectivity index (χ3n) is 6.36. The molecule has 1 heterocycles. The summed E-state index contributed by atoms with van der Waals surface area (Å²) in [5.41, 5.74) is 5.91. The number of aryl methyl sites for hydroxylation is 2. The average molecular weight is 451 g/mol. The van der Waals surface area contributed by atoms with Crippen molar-refractivity contribution in [1.29, 1.82) is 0 Å². The molecule has 7 heteroatoms. The highest BCUT2D eigenvalue weighted by Gasteiger charge is 2.27. The first-order chi connectivity index (χ1) is 15.4. The fourth-order valence-electron chi connectivity index (χ4n) is 4.16. The Balaban J connectivity index is 1.31. The third-order valence-corrected chi connectivity index (χ3v) is 7.38. The second-order valence-electron chi connectivity index (χ2n) is 8.42. The van der Waals surface area contributed by atoms with Gasteiger partial charge in [0.1, 0.15) is 6.61 Å². The van der Waals surface area contributed by atoms with Gasteiger partial charge in [-0.3, -0.25) is 4.79 Å². The molecule has 32 heavy (non-hydrogen) atoms. The summed E-state index contributed by atoms with van der Waals surface area (Å²) in [7, 11) is 1.92. The molecule has 0 bridgehead atoms. The lowest BCUT2D eigenvalue weighted by molar-refractivity contribution is -0.113. The van der Waals surface area contributed by atoms with Crippen LogP contribution in [0.1, 0.15) is 47.3 Å². The van der Waals surface area contributed by atoms with Crippen molar-refractivity contribution >= 4 is 23.4 Å². The van der Waals surface area contributed by atoms with Gasteiger partial charge in [0.15, 0.2) is 11.0 Å². The molecule has 2 atom stereocenters. The normalized spacial score (nSPS) is 17.8. The Morgan fingerprint density at radius 1 is 1.19 bits per heavy atom. The Kier molecular flexibility index (Phi) is 6.96. The molecule has 2 unspecified atom stereocenters. The number of carbonyl (C=O) groups is 1. The van der Waals surface area contributed by atoms with E-state index in [0.29, 0.717) is 17.7 Å². The molecule has 0 radical (unpaired) electrons. The Hall–Kier alpha value is -2.64. The van der Waals surface area contributed by atoms with Crippen molar-refractivity contribution in [2.75, 3.05) is 11.1 Å². The summed E-state index contributed by atoms with van der Waals surface area (Å²) in [6.45, 7) is 6.69. The first-order valence-electron chi connectivity index (χ1n) is 11.0. The fourth-order valence-corrected chi connectivity index (χ4v) is 4.89. The van der Waals surface area contributed by atoms with Crippen LogP contribution in [0.25, 0.3) is 0 Å². The molecule has 0 spiro atoms. The molecule has 6 nitrogen and oxygen atoms in total. The molecule has 1 N–H and O–H groups in total. The molecule has 168 valence electrons. The maximum Gasteiger partial charge on any atom is 0.234 e.